The van der Waals surface area contributed by atoms with E-state index in [4.69, 9.17) is 10.5 Å². The van der Waals surface area contributed by atoms with Gasteiger partial charge in [-0.3, -0.25) is 4.79 Å². The van der Waals surface area contributed by atoms with Crippen molar-refractivity contribution in [2.24, 2.45) is 5.16 Å². The molecular formula is C10H9N3O2. The van der Waals surface area contributed by atoms with Gasteiger partial charge in [-0.25, -0.2) is 0 Å². The Kier molecular flexibility index (Phi) is 3.86. The summed E-state index contributed by atoms with van der Waals surface area (Å²) < 4.78 is 0. The van der Waals surface area contributed by atoms with Crippen LogP contribution in [0.1, 0.15) is 5.56 Å². The van der Waals surface area contributed by atoms with Gasteiger partial charge in [-0.05, 0) is 5.56 Å². The van der Waals surface area contributed by atoms with Crippen molar-refractivity contribution in [3.63, 3.8) is 0 Å². The fraction of sp³-hybridized carbons (Fsp3) is 0.100. The first-order valence-corrected chi connectivity index (χ1v) is 4.22. The number of hydrogen-bond acceptors (Lipinski definition) is 4. The van der Waals surface area contributed by atoms with Crippen LogP contribution >= 0.6 is 0 Å². The SMILES string of the molecule is N#C/C(=N\O)C(=O)NCc1ccccc1. The van der Waals surface area contributed by atoms with E-state index in [9.17, 15) is 4.79 Å². The molecule has 2 N–H and O–H groups in total. The Morgan fingerprint density at radius 3 is 2.67 bits per heavy atom. The summed E-state index contributed by atoms with van der Waals surface area (Å²) in [5.41, 5.74) is 0.354. The van der Waals surface area contributed by atoms with Crippen molar-refractivity contribution in [2.75, 3.05) is 0 Å². The number of benzene rings is 1. The summed E-state index contributed by atoms with van der Waals surface area (Å²) >= 11 is 0. The Bertz CT molecular complexity index is 406. The smallest absolute Gasteiger partial charge is 0.284 e. The van der Waals surface area contributed by atoms with Gasteiger partial charge in [-0.15, -0.1) is 0 Å². The summed E-state index contributed by atoms with van der Waals surface area (Å²) in [6.07, 6.45) is 0. The van der Waals surface area contributed by atoms with Crippen LogP contribution in [0.4, 0.5) is 0 Å². The van der Waals surface area contributed by atoms with Crippen LogP contribution in [0, 0.1) is 11.3 Å². The molecule has 15 heavy (non-hydrogen) atoms. The molecule has 0 unspecified atom stereocenters. The number of oxime groups is 1. The highest BCUT2D eigenvalue weighted by molar-refractivity contribution is 6.44. The lowest BCUT2D eigenvalue weighted by molar-refractivity contribution is -0.114. The van der Waals surface area contributed by atoms with Gasteiger partial charge < -0.3 is 10.5 Å². The molecule has 0 heterocycles. The van der Waals surface area contributed by atoms with E-state index in [1.54, 1.807) is 0 Å². The highest BCUT2D eigenvalue weighted by Gasteiger charge is 2.09. The predicted octanol–water partition coefficient (Wildman–Crippen LogP) is 0.657. The Morgan fingerprint density at radius 1 is 1.47 bits per heavy atom. The van der Waals surface area contributed by atoms with Gasteiger partial charge in [0, 0.05) is 6.54 Å². The maximum absolute atomic E-state index is 11.2. The van der Waals surface area contributed by atoms with Crippen molar-refractivity contribution < 1.29 is 10.0 Å². The first-order valence-electron chi connectivity index (χ1n) is 4.22. The number of amides is 1. The van der Waals surface area contributed by atoms with Crippen molar-refractivity contribution >= 4 is 11.6 Å². The van der Waals surface area contributed by atoms with Crippen LogP contribution in [0.25, 0.3) is 0 Å². The molecule has 0 spiro atoms. The van der Waals surface area contributed by atoms with Crippen LogP contribution in [0.5, 0.6) is 0 Å². The van der Waals surface area contributed by atoms with Gasteiger partial charge in [-0.1, -0.05) is 35.5 Å². The molecule has 76 valence electrons. The molecular weight excluding hydrogens is 194 g/mol. The fourth-order valence-electron chi connectivity index (χ4n) is 0.980. The Labute approximate surface area is 86.6 Å². The zero-order chi connectivity index (χ0) is 11.1. The molecule has 0 bridgehead atoms. The van der Waals surface area contributed by atoms with Crippen LogP contribution in [-0.2, 0) is 11.3 Å². The summed E-state index contributed by atoms with van der Waals surface area (Å²) in [5, 5.41) is 21.7. The van der Waals surface area contributed by atoms with Crippen LogP contribution in [0.2, 0.25) is 0 Å². The van der Waals surface area contributed by atoms with E-state index in [1.807, 2.05) is 30.3 Å². The Hall–Kier alpha value is -2.35. The summed E-state index contributed by atoms with van der Waals surface area (Å²) in [7, 11) is 0. The topological polar surface area (TPSA) is 85.5 Å². The number of hydrogen-bond donors (Lipinski definition) is 2. The lowest BCUT2D eigenvalue weighted by Crippen LogP contribution is -2.29. The molecule has 0 radical (unpaired) electrons. The average Bonchev–Trinajstić information content (AvgIpc) is 2.29. The average molecular weight is 203 g/mol. The number of carbonyl (C=O) groups is 1. The largest absolute Gasteiger partial charge is 0.410 e. The number of nitrogens with one attached hydrogen (secondary N) is 1. The molecule has 0 aliphatic rings. The highest BCUT2D eigenvalue weighted by Crippen LogP contribution is 1.96. The Morgan fingerprint density at radius 2 is 2.13 bits per heavy atom. The van der Waals surface area contributed by atoms with E-state index < -0.39 is 11.6 Å². The standard InChI is InChI=1S/C10H9N3O2/c11-6-9(13-15)10(14)12-7-8-4-2-1-3-5-8/h1-5,15H,7H2,(H,12,14)/b13-9+. The Balaban J connectivity index is 2.53. The van der Waals surface area contributed by atoms with E-state index in [1.165, 1.54) is 6.07 Å². The molecule has 5 nitrogen and oxygen atoms in total. The molecule has 0 atom stereocenters. The highest BCUT2D eigenvalue weighted by atomic mass is 16.4. The molecule has 0 aliphatic carbocycles. The van der Waals surface area contributed by atoms with E-state index in [0.29, 0.717) is 6.54 Å². The van der Waals surface area contributed by atoms with Crippen LogP contribution in [0.3, 0.4) is 0 Å². The van der Waals surface area contributed by atoms with E-state index >= 15 is 0 Å². The summed E-state index contributed by atoms with van der Waals surface area (Å²) in [5.74, 6) is -0.691. The van der Waals surface area contributed by atoms with E-state index in [2.05, 4.69) is 10.5 Å². The summed E-state index contributed by atoms with van der Waals surface area (Å²) in [6, 6.07) is 10.7. The second kappa shape index (κ2) is 5.40. The van der Waals surface area contributed by atoms with Gasteiger partial charge in [0.15, 0.2) is 0 Å². The number of carbonyl (C=O) groups excluding carboxylic acids is 1. The molecule has 5 heteroatoms. The zero-order valence-corrected chi connectivity index (χ0v) is 7.84. The second-order valence-corrected chi connectivity index (χ2v) is 2.73. The lowest BCUT2D eigenvalue weighted by atomic mass is 10.2. The molecule has 1 aromatic rings. The van der Waals surface area contributed by atoms with Gasteiger partial charge in [-0.2, -0.15) is 5.26 Å². The lowest BCUT2D eigenvalue weighted by Gasteiger charge is -2.02. The molecule has 1 aromatic carbocycles. The molecule has 0 saturated carbocycles. The van der Waals surface area contributed by atoms with Gasteiger partial charge in [0.05, 0.1) is 0 Å². The van der Waals surface area contributed by atoms with E-state index in [0.717, 1.165) is 5.56 Å². The molecule has 1 rings (SSSR count). The number of rotatable bonds is 3. The third-order valence-corrected chi connectivity index (χ3v) is 1.72. The van der Waals surface area contributed by atoms with Crippen molar-refractivity contribution in [2.45, 2.75) is 6.54 Å². The minimum absolute atomic E-state index is 0.292. The van der Waals surface area contributed by atoms with Crippen molar-refractivity contribution in [1.29, 1.82) is 5.26 Å². The van der Waals surface area contributed by atoms with Gasteiger partial charge in [0.25, 0.3) is 5.91 Å². The van der Waals surface area contributed by atoms with E-state index in [-0.39, 0.29) is 0 Å². The monoisotopic (exact) mass is 203 g/mol. The van der Waals surface area contributed by atoms with Crippen LogP contribution in [0.15, 0.2) is 35.5 Å². The maximum Gasteiger partial charge on any atom is 0.284 e. The maximum atomic E-state index is 11.2. The third-order valence-electron chi connectivity index (χ3n) is 1.72. The second-order valence-electron chi connectivity index (χ2n) is 2.73. The van der Waals surface area contributed by atoms with Crippen LogP contribution in [-0.4, -0.2) is 16.8 Å². The fourth-order valence-corrected chi connectivity index (χ4v) is 0.980. The third kappa shape index (κ3) is 3.12. The first kappa shape index (κ1) is 10.7. The minimum Gasteiger partial charge on any atom is -0.410 e. The molecule has 0 aliphatic heterocycles. The summed E-state index contributed by atoms with van der Waals surface area (Å²) in [6.45, 7) is 0.292. The number of nitriles is 1. The number of nitrogens with zero attached hydrogens (tertiary/aromatic N) is 2. The predicted molar refractivity (Wildman–Crippen MR) is 53.1 cm³/mol. The molecule has 0 aromatic heterocycles. The van der Waals surface area contributed by atoms with Crippen molar-refractivity contribution in [3.8, 4) is 6.07 Å². The van der Waals surface area contributed by atoms with Crippen molar-refractivity contribution in [3.05, 3.63) is 35.9 Å². The molecule has 0 saturated heterocycles. The van der Waals surface area contributed by atoms with Crippen molar-refractivity contribution in [1.82, 2.24) is 5.32 Å². The zero-order valence-electron chi connectivity index (χ0n) is 7.84. The minimum atomic E-state index is -0.691. The van der Waals surface area contributed by atoms with Crippen LogP contribution < -0.4 is 5.32 Å². The normalized spacial score (nSPS) is 10.5. The van der Waals surface area contributed by atoms with Gasteiger partial charge >= 0.3 is 0 Å². The van der Waals surface area contributed by atoms with Gasteiger partial charge in [0.2, 0.25) is 5.71 Å². The van der Waals surface area contributed by atoms with Gasteiger partial charge in [0.1, 0.15) is 6.07 Å². The quantitative estimate of drug-likeness (QED) is 0.429. The first-order chi connectivity index (χ1) is 7.27. The summed E-state index contributed by atoms with van der Waals surface area (Å²) in [4.78, 5) is 11.2. The molecule has 1 amide bonds. The molecule has 0 fully saturated rings.